The first kappa shape index (κ1) is 51.8. The zero-order chi connectivity index (χ0) is 43.1. The number of allylic oxidation sites excluding steroid dienone is 1. The molecule has 0 aromatic carbocycles. The van der Waals surface area contributed by atoms with Crippen molar-refractivity contribution in [2.75, 3.05) is 0 Å². The van der Waals surface area contributed by atoms with Gasteiger partial charge in [-0.25, -0.2) is 0 Å². The average molecular weight is 835 g/mol. The summed E-state index contributed by atoms with van der Waals surface area (Å²) in [4.78, 5) is 13.0. The van der Waals surface area contributed by atoms with Crippen LogP contribution in [0.2, 0.25) is 0 Å². The van der Waals surface area contributed by atoms with Crippen LogP contribution in [0.4, 0.5) is 0 Å². The molecule has 60 heavy (non-hydrogen) atoms. The van der Waals surface area contributed by atoms with E-state index >= 15 is 0 Å². The highest BCUT2D eigenvalue weighted by molar-refractivity contribution is 5.69. The first-order valence-electron chi connectivity index (χ1n) is 28.0. The second-order valence-electron chi connectivity index (χ2n) is 22.9. The normalized spacial score (nSPS) is 28.5. The van der Waals surface area contributed by atoms with Crippen LogP contribution in [0.15, 0.2) is 11.6 Å². The maximum absolute atomic E-state index is 13.0. The molecule has 0 aliphatic heterocycles. The minimum absolute atomic E-state index is 0.0698. The van der Waals surface area contributed by atoms with Crippen LogP contribution in [0.25, 0.3) is 0 Å². The highest BCUT2D eigenvalue weighted by atomic mass is 16.5. The highest BCUT2D eigenvalue weighted by Crippen LogP contribution is 2.67. The molecule has 4 rings (SSSR count). The summed E-state index contributed by atoms with van der Waals surface area (Å²) in [5.41, 5.74) is 2.52. The van der Waals surface area contributed by atoms with Gasteiger partial charge in [0.25, 0.3) is 0 Å². The van der Waals surface area contributed by atoms with E-state index in [2.05, 4.69) is 54.5 Å². The molecule has 0 aromatic rings. The molecule has 0 heterocycles. The first-order chi connectivity index (χ1) is 29.1. The smallest absolute Gasteiger partial charge is 0.306 e. The summed E-state index contributed by atoms with van der Waals surface area (Å²) in [5, 5.41) is 0. The Kier molecular flexibility index (Phi) is 25.0. The van der Waals surface area contributed by atoms with Crippen LogP contribution in [0, 0.1) is 52.3 Å². The Labute approximate surface area is 376 Å². The third-order valence-electron chi connectivity index (χ3n) is 18.3. The van der Waals surface area contributed by atoms with E-state index in [-0.39, 0.29) is 12.1 Å². The van der Waals surface area contributed by atoms with E-state index in [0.29, 0.717) is 17.3 Å². The van der Waals surface area contributed by atoms with Gasteiger partial charge in [-0.1, -0.05) is 233 Å². The van der Waals surface area contributed by atoms with Crippen molar-refractivity contribution in [2.24, 2.45) is 52.3 Å². The number of hydrogen-bond acceptors (Lipinski definition) is 2. The number of esters is 1. The lowest BCUT2D eigenvalue weighted by atomic mass is 9.47. The van der Waals surface area contributed by atoms with Crippen LogP contribution in [0.3, 0.4) is 0 Å². The van der Waals surface area contributed by atoms with E-state index < -0.39 is 0 Å². The van der Waals surface area contributed by atoms with E-state index in [0.717, 1.165) is 60.7 Å². The highest BCUT2D eigenvalue weighted by Gasteiger charge is 2.59. The van der Waals surface area contributed by atoms with Crippen molar-refractivity contribution in [3.63, 3.8) is 0 Å². The van der Waals surface area contributed by atoms with Gasteiger partial charge in [-0.15, -0.1) is 0 Å². The van der Waals surface area contributed by atoms with Gasteiger partial charge >= 0.3 is 5.97 Å². The standard InChI is InChI=1S/C58H106O2/c1-8-10-11-12-13-14-15-16-17-18-19-20-21-22-23-24-25-26-27-28-29-30-31-32-33-34-35-56(59)60-51-42-44-57(6)50(46-51)38-39-52-54-41-40-53(58(54,7)45-43-55(52)57)48(5)36-37-49(9-2)47(3)4/h38,47-49,51-55H,8-37,39-46H2,1-7H3/t48-,49-,51+,52+,53-,54+,55+,57+,58-/m1/s1. The topological polar surface area (TPSA) is 26.3 Å². The molecular weight excluding hydrogens is 729 g/mol. The molecule has 3 fully saturated rings. The number of hydrogen-bond donors (Lipinski definition) is 0. The predicted molar refractivity (Wildman–Crippen MR) is 262 cm³/mol. The molecule has 0 amide bonds. The minimum Gasteiger partial charge on any atom is -0.462 e. The van der Waals surface area contributed by atoms with Crippen molar-refractivity contribution in [3.05, 3.63) is 11.6 Å². The van der Waals surface area contributed by atoms with Gasteiger partial charge in [0.1, 0.15) is 6.10 Å². The molecule has 2 nitrogen and oxygen atoms in total. The molecule has 350 valence electrons. The number of carbonyl (C=O) groups excluding carboxylic acids is 1. The maximum atomic E-state index is 13.0. The fraction of sp³-hybridized carbons (Fsp3) is 0.948. The number of rotatable bonds is 34. The van der Waals surface area contributed by atoms with Crippen LogP contribution in [0.5, 0.6) is 0 Å². The van der Waals surface area contributed by atoms with Gasteiger partial charge in [-0.3, -0.25) is 4.79 Å². The monoisotopic (exact) mass is 835 g/mol. The van der Waals surface area contributed by atoms with Gasteiger partial charge in [0, 0.05) is 12.8 Å². The minimum atomic E-state index is 0.0698. The summed E-state index contributed by atoms with van der Waals surface area (Å²) in [7, 11) is 0. The Morgan fingerprint density at radius 2 is 1.12 bits per heavy atom. The van der Waals surface area contributed by atoms with Gasteiger partial charge in [0.05, 0.1) is 0 Å². The fourth-order valence-corrected chi connectivity index (χ4v) is 14.2. The summed E-state index contributed by atoms with van der Waals surface area (Å²) in [6.07, 6.45) is 54.6. The van der Waals surface area contributed by atoms with Crippen LogP contribution < -0.4 is 0 Å². The summed E-state index contributed by atoms with van der Waals surface area (Å²) in [5.74, 6) is 6.17. The van der Waals surface area contributed by atoms with Gasteiger partial charge in [-0.2, -0.15) is 0 Å². The summed E-state index contributed by atoms with van der Waals surface area (Å²) in [6.45, 7) is 17.5. The van der Waals surface area contributed by atoms with Gasteiger partial charge in [-0.05, 0) is 110 Å². The Morgan fingerprint density at radius 3 is 1.60 bits per heavy atom. The number of ether oxygens (including phenoxy) is 1. The first-order valence-corrected chi connectivity index (χ1v) is 28.0. The molecule has 4 aliphatic carbocycles. The molecule has 0 aromatic heterocycles. The molecule has 4 aliphatic rings. The quantitative estimate of drug-likeness (QED) is 0.0367. The predicted octanol–water partition coefficient (Wildman–Crippen LogP) is 19.1. The van der Waals surface area contributed by atoms with Crippen molar-refractivity contribution in [1.29, 1.82) is 0 Å². The van der Waals surface area contributed by atoms with Crippen molar-refractivity contribution in [2.45, 2.75) is 299 Å². The van der Waals surface area contributed by atoms with E-state index in [4.69, 9.17) is 4.74 Å². The fourth-order valence-electron chi connectivity index (χ4n) is 14.2. The number of carbonyl (C=O) groups is 1. The third-order valence-corrected chi connectivity index (χ3v) is 18.3. The maximum Gasteiger partial charge on any atom is 0.306 e. The summed E-state index contributed by atoms with van der Waals surface area (Å²) in [6, 6.07) is 0. The van der Waals surface area contributed by atoms with Crippen molar-refractivity contribution < 1.29 is 9.53 Å². The van der Waals surface area contributed by atoms with Crippen LogP contribution in [-0.2, 0) is 9.53 Å². The molecule has 0 spiro atoms. The molecule has 3 saturated carbocycles. The Hall–Kier alpha value is -0.790. The van der Waals surface area contributed by atoms with E-state index in [9.17, 15) is 4.79 Å². The van der Waals surface area contributed by atoms with Crippen LogP contribution >= 0.6 is 0 Å². The lowest BCUT2D eigenvalue weighted by Gasteiger charge is -2.58. The molecule has 0 N–H and O–H groups in total. The Bertz CT molecular complexity index is 1150. The molecule has 0 saturated heterocycles. The van der Waals surface area contributed by atoms with E-state index in [1.807, 2.05) is 0 Å². The largest absolute Gasteiger partial charge is 0.462 e. The Morgan fingerprint density at radius 1 is 0.617 bits per heavy atom. The van der Waals surface area contributed by atoms with Crippen molar-refractivity contribution in [3.8, 4) is 0 Å². The lowest BCUT2D eigenvalue weighted by molar-refractivity contribution is -0.151. The lowest BCUT2D eigenvalue weighted by Crippen LogP contribution is -2.51. The second kappa shape index (κ2) is 28.9. The van der Waals surface area contributed by atoms with Gasteiger partial charge in [0.15, 0.2) is 0 Å². The SMILES string of the molecule is CCCCCCCCCCCCCCCCCCCCCCCCCCCCC(=O)O[C@H]1CC[C@@]2(C)C(=CC[C@H]3[C@@H]4CC[C@H]([C@H](C)CC[C@@H](CC)C(C)C)[C@@]4(C)CC[C@@H]32)C1. The molecule has 0 unspecified atom stereocenters. The van der Waals surface area contributed by atoms with Crippen LogP contribution in [0.1, 0.15) is 292 Å². The number of unbranched alkanes of at least 4 members (excludes halogenated alkanes) is 25. The molecule has 9 atom stereocenters. The van der Waals surface area contributed by atoms with Crippen molar-refractivity contribution >= 4 is 5.97 Å². The van der Waals surface area contributed by atoms with Crippen molar-refractivity contribution in [1.82, 2.24) is 0 Å². The zero-order valence-corrected chi connectivity index (χ0v) is 41.9. The van der Waals surface area contributed by atoms with Gasteiger partial charge in [0.2, 0.25) is 0 Å². The third kappa shape index (κ3) is 16.6. The summed E-state index contributed by atoms with van der Waals surface area (Å²) >= 11 is 0. The zero-order valence-electron chi connectivity index (χ0n) is 41.9. The van der Waals surface area contributed by atoms with Gasteiger partial charge < -0.3 is 4.74 Å². The van der Waals surface area contributed by atoms with Crippen LogP contribution in [-0.4, -0.2) is 12.1 Å². The average Bonchev–Trinajstić information content (AvgIpc) is 3.59. The summed E-state index contributed by atoms with van der Waals surface area (Å²) < 4.78 is 6.19. The molecule has 2 heteroatoms. The molecule has 0 bridgehead atoms. The number of fused-ring (bicyclic) bond motifs is 5. The van der Waals surface area contributed by atoms with E-state index in [1.165, 1.54) is 218 Å². The molecular formula is C58H106O2. The van der Waals surface area contributed by atoms with E-state index in [1.54, 1.807) is 5.57 Å². The second-order valence-corrected chi connectivity index (χ2v) is 22.9. The molecule has 0 radical (unpaired) electrons. The Balaban J connectivity index is 0.959.